The first kappa shape index (κ1) is 21.6. The molecule has 0 aliphatic carbocycles. The van der Waals surface area contributed by atoms with E-state index in [1.54, 1.807) is 12.1 Å². The molecule has 1 aromatic carbocycles. The number of aryl methyl sites for hydroxylation is 1. The summed E-state index contributed by atoms with van der Waals surface area (Å²) in [4.78, 5) is 0. The fourth-order valence-electron chi connectivity index (χ4n) is 3.20. The van der Waals surface area contributed by atoms with Crippen molar-refractivity contribution < 1.29 is 10.2 Å². The first-order valence-electron chi connectivity index (χ1n) is 10.4. The van der Waals surface area contributed by atoms with Crippen molar-refractivity contribution in [1.29, 1.82) is 0 Å². The van der Waals surface area contributed by atoms with Crippen LogP contribution in [0.2, 0.25) is 0 Å². The van der Waals surface area contributed by atoms with Crippen molar-refractivity contribution in [3.8, 4) is 11.5 Å². The highest BCUT2D eigenvalue weighted by Crippen LogP contribution is 2.22. The number of unbranched alkanes of at least 4 members (excludes halogenated alkanes) is 11. The van der Waals surface area contributed by atoms with Gasteiger partial charge < -0.3 is 10.2 Å². The van der Waals surface area contributed by atoms with Crippen LogP contribution >= 0.6 is 0 Å². The summed E-state index contributed by atoms with van der Waals surface area (Å²) in [6.07, 6.45) is 22.6. The summed E-state index contributed by atoms with van der Waals surface area (Å²) in [5.41, 5.74) is 1.03. The van der Waals surface area contributed by atoms with Crippen molar-refractivity contribution in [2.75, 3.05) is 0 Å². The molecule has 1 rings (SSSR count). The number of hydrogen-bond donors (Lipinski definition) is 2. The third-order valence-electron chi connectivity index (χ3n) is 4.69. The summed E-state index contributed by atoms with van der Waals surface area (Å²) in [5, 5.41) is 18.9. The topological polar surface area (TPSA) is 40.5 Å². The van der Waals surface area contributed by atoms with Crippen LogP contribution in [-0.4, -0.2) is 10.2 Å². The molecule has 0 unspecified atom stereocenters. The molecule has 142 valence electrons. The number of aromatic hydroxyl groups is 2. The molecule has 25 heavy (non-hydrogen) atoms. The monoisotopic (exact) mass is 346 g/mol. The van der Waals surface area contributed by atoms with Gasteiger partial charge in [0.2, 0.25) is 0 Å². The predicted molar refractivity (Wildman–Crippen MR) is 108 cm³/mol. The Labute approximate surface area is 155 Å². The van der Waals surface area contributed by atoms with E-state index in [4.69, 9.17) is 0 Å². The highest BCUT2D eigenvalue weighted by Gasteiger charge is 1.99. The van der Waals surface area contributed by atoms with Gasteiger partial charge in [-0.3, -0.25) is 0 Å². The second-order valence-corrected chi connectivity index (χ2v) is 7.19. The Morgan fingerprint density at radius 2 is 1.12 bits per heavy atom. The average molecular weight is 347 g/mol. The lowest BCUT2D eigenvalue weighted by atomic mass is 10.0. The molecule has 0 spiro atoms. The van der Waals surface area contributed by atoms with Crippen LogP contribution in [0.1, 0.15) is 96.0 Å². The minimum atomic E-state index is 0.158. The van der Waals surface area contributed by atoms with Crippen molar-refractivity contribution >= 4 is 0 Å². The summed E-state index contributed by atoms with van der Waals surface area (Å²) >= 11 is 0. The molecule has 1 aromatic rings. The fraction of sp³-hybridized carbons (Fsp3) is 0.652. The highest BCUT2D eigenvalue weighted by molar-refractivity contribution is 5.36. The molecule has 0 amide bonds. The minimum Gasteiger partial charge on any atom is -0.508 e. The van der Waals surface area contributed by atoms with Crippen LogP contribution in [0.3, 0.4) is 0 Å². The largest absolute Gasteiger partial charge is 0.508 e. The summed E-state index contributed by atoms with van der Waals surface area (Å²) in [5.74, 6) is 0.316. The molecule has 0 bridgehead atoms. The Bertz CT molecular complexity index is 445. The van der Waals surface area contributed by atoms with Gasteiger partial charge in [0.1, 0.15) is 11.5 Å². The molecule has 2 heteroatoms. The number of phenols is 2. The van der Waals surface area contributed by atoms with E-state index in [1.807, 2.05) is 0 Å². The van der Waals surface area contributed by atoms with Gasteiger partial charge in [-0.25, -0.2) is 0 Å². The third-order valence-corrected chi connectivity index (χ3v) is 4.69. The van der Waals surface area contributed by atoms with Crippen LogP contribution in [0.4, 0.5) is 0 Å². The van der Waals surface area contributed by atoms with Gasteiger partial charge in [0.25, 0.3) is 0 Å². The fourth-order valence-corrected chi connectivity index (χ4v) is 3.20. The lowest BCUT2D eigenvalue weighted by molar-refractivity contribution is 0.449. The quantitative estimate of drug-likeness (QED) is 0.258. The standard InChI is InChI=1S/C23H38O2/c1-2-3-4-5-6-7-8-9-10-11-12-13-14-15-16-17-21-18-22(24)20-23(25)19-21/h6-7,18-20,24-25H,2-5,8-17H2,1H3/b7-6-. The van der Waals surface area contributed by atoms with Gasteiger partial charge in [0, 0.05) is 6.07 Å². The molecule has 0 heterocycles. The average Bonchev–Trinajstić information content (AvgIpc) is 2.57. The number of rotatable bonds is 15. The molecule has 0 atom stereocenters. The van der Waals surface area contributed by atoms with Crippen LogP contribution < -0.4 is 0 Å². The molecular weight excluding hydrogens is 308 g/mol. The summed E-state index contributed by atoms with van der Waals surface area (Å²) in [6, 6.07) is 4.88. The maximum atomic E-state index is 9.46. The Morgan fingerprint density at radius 1 is 0.640 bits per heavy atom. The van der Waals surface area contributed by atoms with Gasteiger partial charge in [-0.2, -0.15) is 0 Å². The maximum Gasteiger partial charge on any atom is 0.119 e. The van der Waals surface area contributed by atoms with Gasteiger partial charge >= 0.3 is 0 Å². The Morgan fingerprint density at radius 3 is 1.68 bits per heavy atom. The van der Waals surface area contributed by atoms with E-state index >= 15 is 0 Å². The van der Waals surface area contributed by atoms with Crippen LogP contribution in [0.15, 0.2) is 30.4 Å². The van der Waals surface area contributed by atoms with Gasteiger partial charge in [0.05, 0.1) is 0 Å². The van der Waals surface area contributed by atoms with Crippen molar-refractivity contribution in [3.05, 3.63) is 35.9 Å². The van der Waals surface area contributed by atoms with Crippen molar-refractivity contribution in [3.63, 3.8) is 0 Å². The minimum absolute atomic E-state index is 0.158. The van der Waals surface area contributed by atoms with Crippen LogP contribution in [0.5, 0.6) is 11.5 Å². The second-order valence-electron chi connectivity index (χ2n) is 7.19. The van der Waals surface area contributed by atoms with Crippen LogP contribution in [0.25, 0.3) is 0 Å². The molecule has 0 aliphatic heterocycles. The number of allylic oxidation sites excluding steroid dienone is 2. The first-order chi connectivity index (χ1) is 12.2. The second kappa shape index (κ2) is 14.9. The molecule has 0 radical (unpaired) electrons. The van der Waals surface area contributed by atoms with E-state index in [1.165, 1.54) is 83.1 Å². The van der Waals surface area contributed by atoms with E-state index in [0.717, 1.165) is 18.4 Å². The van der Waals surface area contributed by atoms with Crippen LogP contribution in [-0.2, 0) is 6.42 Å². The van der Waals surface area contributed by atoms with E-state index in [9.17, 15) is 10.2 Å². The molecule has 2 nitrogen and oxygen atoms in total. The van der Waals surface area contributed by atoms with Gasteiger partial charge in [0.15, 0.2) is 0 Å². The van der Waals surface area contributed by atoms with Gasteiger partial charge in [-0.05, 0) is 56.2 Å². The summed E-state index contributed by atoms with van der Waals surface area (Å²) in [6.45, 7) is 2.25. The Balaban J connectivity index is 1.86. The van der Waals surface area contributed by atoms with E-state index < -0.39 is 0 Å². The molecule has 2 N–H and O–H groups in total. The zero-order valence-electron chi connectivity index (χ0n) is 16.2. The maximum absolute atomic E-state index is 9.46. The normalized spacial score (nSPS) is 11.4. The summed E-state index contributed by atoms with van der Waals surface area (Å²) in [7, 11) is 0. The SMILES string of the molecule is CCCCC/C=C\CCCCCCCCCCc1cc(O)cc(O)c1. The molecule has 0 saturated heterocycles. The lowest BCUT2D eigenvalue weighted by Crippen LogP contribution is -1.87. The Kier molecular flexibility index (Phi) is 12.8. The van der Waals surface area contributed by atoms with Crippen molar-refractivity contribution in [1.82, 2.24) is 0 Å². The number of hydrogen-bond acceptors (Lipinski definition) is 2. The smallest absolute Gasteiger partial charge is 0.119 e. The lowest BCUT2D eigenvalue weighted by Gasteiger charge is -2.04. The van der Waals surface area contributed by atoms with Gasteiger partial charge in [-0.15, -0.1) is 0 Å². The summed E-state index contributed by atoms with van der Waals surface area (Å²) < 4.78 is 0. The van der Waals surface area contributed by atoms with E-state index in [-0.39, 0.29) is 11.5 Å². The molecule has 0 aromatic heterocycles. The van der Waals surface area contributed by atoms with Crippen LogP contribution in [0, 0.1) is 0 Å². The molecular formula is C23H38O2. The van der Waals surface area contributed by atoms with Crippen molar-refractivity contribution in [2.45, 2.75) is 96.8 Å². The predicted octanol–water partition coefficient (Wildman–Crippen LogP) is 7.29. The zero-order valence-corrected chi connectivity index (χ0v) is 16.2. The van der Waals surface area contributed by atoms with Gasteiger partial charge in [-0.1, -0.05) is 70.4 Å². The number of phenolic OH excluding ortho intramolecular Hbond substituents is 2. The molecule has 0 saturated carbocycles. The van der Waals surface area contributed by atoms with Crippen molar-refractivity contribution in [2.24, 2.45) is 0 Å². The zero-order chi connectivity index (χ0) is 18.2. The van der Waals surface area contributed by atoms with E-state index in [2.05, 4.69) is 19.1 Å². The molecule has 0 fully saturated rings. The van der Waals surface area contributed by atoms with E-state index in [0.29, 0.717) is 0 Å². The first-order valence-corrected chi connectivity index (χ1v) is 10.4. The number of benzene rings is 1. The highest BCUT2D eigenvalue weighted by atomic mass is 16.3. The third kappa shape index (κ3) is 12.6. The molecule has 0 aliphatic rings. The Hall–Kier alpha value is -1.44.